The Morgan fingerprint density at radius 2 is 1.90 bits per heavy atom. The van der Waals surface area contributed by atoms with E-state index >= 15 is 0 Å². The smallest absolute Gasteiger partial charge is 0.354 e. The monoisotopic (exact) mass is 270 g/mol. The van der Waals surface area contributed by atoms with Gasteiger partial charge < -0.3 is 10.4 Å². The minimum Gasteiger partial charge on any atom is -0.477 e. The summed E-state index contributed by atoms with van der Waals surface area (Å²) in [4.78, 5) is 14.9. The van der Waals surface area contributed by atoms with Gasteiger partial charge in [0.2, 0.25) is 0 Å². The third-order valence-corrected chi connectivity index (χ3v) is 2.99. The van der Waals surface area contributed by atoms with Crippen molar-refractivity contribution in [1.82, 2.24) is 10.3 Å². The maximum Gasteiger partial charge on any atom is 0.354 e. The Bertz CT molecular complexity index is 555. The highest BCUT2D eigenvalue weighted by Crippen LogP contribution is 2.02. The van der Waals surface area contributed by atoms with E-state index in [1.165, 1.54) is 11.6 Å². The van der Waals surface area contributed by atoms with Crippen molar-refractivity contribution in [1.29, 1.82) is 0 Å². The normalized spacial score (nSPS) is 10.4. The zero-order valence-corrected chi connectivity index (χ0v) is 11.2. The molecule has 2 N–H and O–H groups in total. The van der Waals surface area contributed by atoms with Gasteiger partial charge in [-0.05, 0) is 37.1 Å². The summed E-state index contributed by atoms with van der Waals surface area (Å²) in [5, 5.41) is 12.1. The number of carboxylic acid groups (broad SMARTS) is 1. The fourth-order valence-electron chi connectivity index (χ4n) is 1.98. The van der Waals surface area contributed by atoms with Crippen molar-refractivity contribution in [3.05, 3.63) is 65.5 Å². The maximum atomic E-state index is 10.8. The second-order valence-electron chi connectivity index (χ2n) is 4.59. The van der Waals surface area contributed by atoms with E-state index in [0.717, 1.165) is 25.1 Å². The molecule has 0 saturated carbocycles. The van der Waals surface area contributed by atoms with Crippen LogP contribution in [0.3, 0.4) is 0 Å². The van der Waals surface area contributed by atoms with Crippen LogP contribution in [0.4, 0.5) is 0 Å². The van der Waals surface area contributed by atoms with Crippen LogP contribution in [0.2, 0.25) is 0 Å². The Kier molecular flexibility index (Phi) is 5.26. The van der Waals surface area contributed by atoms with Crippen LogP contribution in [0.15, 0.2) is 48.5 Å². The number of aromatic carboxylic acids is 1. The average molecular weight is 270 g/mol. The molecule has 2 rings (SSSR count). The molecule has 0 amide bonds. The molecule has 0 aliphatic rings. The Morgan fingerprint density at radius 1 is 1.10 bits per heavy atom. The second-order valence-corrected chi connectivity index (χ2v) is 4.59. The first-order chi connectivity index (χ1) is 9.75. The van der Waals surface area contributed by atoms with Crippen molar-refractivity contribution in [3.63, 3.8) is 0 Å². The minimum absolute atomic E-state index is 0.0913. The molecule has 4 heteroatoms. The molecule has 0 aliphatic carbocycles. The van der Waals surface area contributed by atoms with E-state index in [2.05, 4.69) is 22.4 Å². The second kappa shape index (κ2) is 7.40. The minimum atomic E-state index is -0.990. The van der Waals surface area contributed by atoms with E-state index in [9.17, 15) is 4.79 Å². The fraction of sp³-hybridized carbons (Fsp3) is 0.250. The van der Waals surface area contributed by atoms with E-state index in [-0.39, 0.29) is 5.69 Å². The number of nitrogens with one attached hydrogen (secondary N) is 1. The molecule has 1 aromatic heterocycles. The van der Waals surface area contributed by atoms with Crippen molar-refractivity contribution in [2.24, 2.45) is 0 Å². The molecule has 104 valence electrons. The highest BCUT2D eigenvalue weighted by atomic mass is 16.4. The zero-order valence-electron chi connectivity index (χ0n) is 11.2. The maximum absolute atomic E-state index is 10.8. The third kappa shape index (κ3) is 4.48. The number of hydrogen-bond acceptors (Lipinski definition) is 3. The zero-order chi connectivity index (χ0) is 14.2. The molecule has 0 saturated heterocycles. The highest BCUT2D eigenvalue weighted by Gasteiger charge is 2.04. The van der Waals surface area contributed by atoms with Crippen molar-refractivity contribution in [2.45, 2.75) is 19.4 Å². The number of pyridine rings is 1. The summed E-state index contributed by atoms with van der Waals surface area (Å²) in [7, 11) is 0. The molecule has 0 fully saturated rings. The van der Waals surface area contributed by atoms with Gasteiger partial charge >= 0.3 is 5.97 Å². The quantitative estimate of drug-likeness (QED) is 0.759. The Hall–Kier alpha value is -2.20. The van der Waals surface area contributed by atoms with Crippen LogP contribution in [-0.4, -0.2) is 22.6 Å². The van der Waals surface area contributed by atoms with Gasteiger partial charge in [-0.2, -0.15) is 0 Å². The van der Waals surface area contributed by atoms with E-state index in [0.29, 0.717) is 6.54 Å². The molecule has 1 aromatic carbocycles. The lowest BCUT2D eigenvalue weighted by atomic mass is 10.1. The largest absolute Gasteiger partial charge is 0.477 e. The lowest BCUT2D eigenvalue weighted by Crippen LogP contribution is -2.17. The van der Waals surface area contributed by atoms with Gasteiger partial charge in [-0.25, -0.2) is 9.78 Å². The number of hydrogen-bond donors (Lipinski definition) is 2. The van der Waals surface area contributed by atoms with Crippen molar-refractivity contribution < 1.29 is 9.90 Å². The van der Waals surface area contributed by atoms with Gasteiger partial charge in [-0.15, -0.1) is 0 Å². The summed E-state index contributed by atoms with van der Waals surface area (Å²) in [6.07, 6.45) is 2.08. The van der Waals surface area contributed by atoms with Crippen LogP contribution in [0.5, 0.6) is 0 Å². The average Bonchev–Trinajstić information content (AvgIpc) is 2.48. The van der Waals surface area contributed by atoms with E-state index in [4.69, 9.17) is 5.11 Å². The van der Waals surface area contributed by atoms with Crippen LogP contribution in [-0.2, 0) is 13.0 Å². The Morgan fingerprint density at radius 3 is 2.65 bits per heavy atom. The topological polar surface area (TPSA) is 62.2 Å². The van der Waals surface area contributed by atoms with Gasteiger partial charge in [-0.3, -0.25) is 0 Å². The number of carbonyl (C=O) groups is 1. The number of benzene rings is 1. The summed E-state index contributed by atoms with van der Waals surface area (Å²) in [5.74, 6) is -0.990. The highest BCUT2D eigenvalue weighted by molar-refractivity contribution is 5.85. The van der Waals surface area contributed by atoms with Crippen LogP contribution in [0, 0.1) is 0 Å². The Labute approximate surface area is 118 Å². The van der Waals surface area contributed by atoms with Gasteiger partial charge in [0.25, 0.3) is 0 Å². The summed E-state index contributed by atoms with van der Waals surface area (Å²) in [5.41, 5.74) is 2.18. The van der Waals surface area contributed by atoms with Crippen LogP contribution < -0.4 is 5.32 Å². The van der Waals surface area contributed by atoms with Crippen LogP contribution >= 0.6 is 0 Å². The predicted molar refractivity (Wildman–Crippen MR) is 77.7 cm³/mol. The summed E-state index contributed by atoms with van der Waals surface area (Å²) < 4.78 is 0. The van der Waals surface area contributed by atoms with E-state index < -0.39 is 5.97 Å². The van der Waals surface area contributed by atoms with E-state index in [1.807, 2.05) is 24.3 Å². The molecule has 4 nitrogen and oxygen atoms in total. The first-order valence-corrected chi connectivity index (χ1v) is 6.69. The molecule has 20 heavy (non-hydrogen) atoms. The van der Waals surface area contributed by atoms with Gasteiger partial charge in [0.05, 0.1) is 5.69 Å². The molecule has 1 heterocycles. The molecular formula is C16H18N2O2. The third-order valence-electron chi connectivity index (χ3n) is 2.99. The lowest BCUT2D eigenvalue weighted by Gasteiger charge is -2.05. The predicted octanol–water partition coefficient (Wildman–Crippen LogP) is 2.50. The SMILES string of the molecule is O=C(O)c1cccc(CNCCCc2ccccc2)n1. The number of nitrogens with zero attached hydrogens (tertiary/aromatic N) is 1. The van der Waals surface area contributed by atoms with Gasteiger partial charge in [0.15, 0.2) is 0 Å². The van der Waals surface area contributed by atoms with E-state index in [1.54, 1.807) is 6.07 Å². The van der Waals surface area contributed by atoms with Gasteiger partial charge in [-0.1, -0.05) is 36.4 Å². The number of aromatic nitrogens is 1. The van der Waals surface area contributed by atoms with Crippen molar-refractivity contribution in [3.8, 4) is 0 Å². The molecule has 0 radical (unpaired) electrons. The lowest BCUT2D eigenvalue weighted by molar-refractivity contribution is 0.0690. The van der Waals surface area contributed by atoms with Gasteiger partial charge in [0.1, 0.15) is 5.69 Å². The number of carboxylic acids is 1. The molecular weight excluding hydrogens is 252 g/mol. The molecule has 0 unspecified atom stereocenters. The summed E-state index contributed by atoms with van der Waals surface area (Å²) in [6, 6.07) is 15.4. The molecule has 0 bridgehead atoms. The van der Waals surface area contributed by atoms with Crippen LogP contribution in [0.25, 0.3) is 0 Å². The molecule has 0 aliphatic heterocycles. The summed E-state index contributed by atoms with van der Waals surface area (Å²) in [6.45, 7) is 1.48. The molecule has 0 atom stereocenters. The first-order valence-electron chi connectivity index (χ1n) is 6.69. The summed E-state index contributed by atoms with van der Waals surface area (Å²) >= 11 is 0. The van der Waals surface area contributed by atoms with Crippen molar-refractivity contribution in [2.75, 3.05) is 6.54 Å². The van der Waals surface area contributed by atoms with Crippen LogP contribution in [0.1, 0.15) is 28.2 Å². The first kappa shape index (κ1) is 14.2. The Balaban J connectivity index is 1.71. The molecule has 2 aromatic rings. The number of rotatable bonds is 7. The standard InChI is InChI=1S/C16H18N2O2/c19-16(20)15-10-4-9-14(18-15)12-17-11-5-8-13-6-2-1-3-7-13/h1-4,6-7,9-10,17H,5,8,11-12H2,(H,19,20). The molecule has 0 spiro atoms. The van der Waals surface area contributed by atoms with Crippen molar-refractivity contribution >= 4 is 5.97 Å². The van der Waals surface area contributed by atoms with Gasteiger partial charge in [0, 0.05) is 6.54 Å². The number of aryl methyl sites for hydroxylation is 1. The fourth-order valence-corrected chi connectivity index (χ4v) is 1.98.